The van der Waals surface area contributed by atoms with E-state index in [0.717, 1.165) is 10.0 Å². The van der Waals surface area contributed by atoms with Crippen molar-refractivity contribution in [1.29, 1.82) is 0 Å². The number of aromatic nitrogens is 1. The first kappa shape index (κ1) is 25.7. The number of aliphatic hydroxyl groups is 2. The molecule has 1 aromatic heterocycles. The van der Waals surface area contributed by atoms with Crippen LogP contribution >= 0.6 is 15.9 Å². The zero-order valence-corrected chi connectivity index (χ0v) is 22.4. The Labute approximate surface area is 228 Å². The molecule has 3 aliphatic rings. The lowest BCUT2D eigenvalue weighted by molar-refractivity contribution is -0.152. The number of benzene rings is 2. The fourth-order valence-electron chi connectivity index (χ4n) is 6.79. The number of methoxy groups -OCH3 is 1. The van der Waals surface area contributed by atoms with E-state index in [1.807, 2.05) is 59.5 Å². The van der Waals surface area contributed by atoms with Crippen molar-refractivity contribution >= 4 is 15.9 Å². The summed E-state index contributed by atoms with van der Waals surface area (Å²) in [7, 11) is 1.49. The summed E-state index contributed by atoms with van der Waals surface area (Å²) < 4.78 is 41.2. The Morgan fingerprint density at radius 2 is 1.76 bits per heavy atom. The molecule has 0 spiro atoms. The first-order chi connectivity index (χ1) is 18.2. The van der Waals surface area contributed by atoms with E-state index in [1.54, 1.807) is 0 Å². The molecule has 3 heterocycles. The van der Waals surface area contributed by atoms with Crippen LogP contribution in [0.3, 0.4) is 0 Å². The zero-order chi connectivity index (χ0) is 26.7. The van der Waals surface area contributed by atoms with Gasteiger partial charge in [0.15, 0.2) is 11.2 Å². The Balaban J connectivity index is 1.56. The average molecular weight is 587 g/mol. The molecule has 3 aromatic rings. The topological polar surface area (TPSA) is 75.0 Å². The third-order valence-corrected chi connectivity index (χ3v) is 9.03. The highest BCUT2D eigenvalue weighted by molar-refractivity contribution is 9.10. The number of aliphatic hydroxyl groups excluding tert-OH is 1. The van der Waals surface area contributed by atoms with Gasteiger partial charge in [-0.15, -0.1) is 0 Å². The van der Waals surface area contributed by atoms with Crippen LogP contribution < -0.4 is 9.47 Å². The first-order valence-corrected chi connectivity index (χ1v) is 13.5. The number of pyridine rings is 1. The molecule has 6 rings (SSSR count). The fraction of sp³-hybridized carbons (Fsp3) is 0.414. The second-order valence-corrected chi connectivity index (χ2v) is 11.4. The van der Waals surface area contributed by atoms with Gasteiger partial charge in [-0.3, -0.25) is 4.98 Å². The highest BCUT2D eigenvalue weighted by atomic mass is 79.9. The molecule has 0 amide bonds. The molecule has 1 saturated heterocycles. The SMILES string of the molecule is COc1cncc2c1[C@]1(O)[C@H](O)[C@H](CN3CCC(F)(F)CC3)[C@@H](c3ccccc3)[C@]1(c1ccc(Br)cc1)O2. The van der Waals surface area contributed by atoms with Gasteiger partial charge in [0, 0.05) is 48.8 Å². The van der Waals surface area contributed by atoms with E-state index in [-0.39, 0.29) is 25.9 Å². The zero-order valence-electron chi connectivity index (χ0n) is 20.9. The molecule has 9 heteroatoms. The van der Waals surface area contributed by atoms with Crippen LogP contribution in [0, 0.1) is 5.92 Å². The molecule has 200 valence electrons. The number of hydrogen-bond donors (Lipinski definition) is 2. The standard InChI is InChI=1S/C29H29BrF2N2O4/c1-37-22-15-33-16-23-25(22)28(36)26(35)21(17-34-13-11-27(31,32)12-14-34)24(18-5-3-2-4-6-18)29(28,38-23)19-7-9-20(30)10-8-19/h2-10,15-16,21,24,26,35-36H,11-14,17H2,1H3/t21-,24-,26-,28+,29+/m1/s1. The van der Waals surface area contributed by atoms with Crippen LogP contribution in [0.15, 0.2) is 71.5 Å². The molecule has 6 nitrogen and oxygen atoms in total. The average Bonchev–Trinajstić information content (AvgIpc) is 3.29. The predicted molar refractivity (Wildman–Crippen MR) is 140 cm³/mol. The van der Waals surface area contributed by atoms with Crippen LogP contribution in [-0.4, -0.2) is 58.9 Å². The number of hydrogen-bond acceptors (Lipinski definition) is 6. The maximum Gasteiger partial charge on any atom is 0.250 e. The normalized spacial score (nSPS) is 31.9. The summed E-state index contributed by atoms with van der Waals surface area (Å²) in [6.07, 6.45) is 1.28. The van der Waals surface area contributed by atoms with E-state index in [9.17, 15) is 19.0 Å². The number of halogens is 3. The minimum Gasteiger partial charge on any atom is -0.495 e. The molecule has 38 heavy (non-hydrogen) atoms. The van der Waals surface area contributed by atoms with Crippen molar-refractivity contribution < 1.29 is 28.5 Å². The van der Waals surface area contributed by atoms with E-state index in [0.29, 0.717) is 29.2 Å². The van der Waals surface area contributed by atoms with Gasteiger partial charge in [0.1, 0.15) is 11.5 Å². The number of alkyl halides is 2. The summed E-state index contributed by atoms with van der Waals surface area (Å²) in [5.41, 5.74) is -1.44. The summed E-state index contributed by atoms with van der Waals surface area (Å²) in [4.78, 5) is 6.21. The maximum atomic E-state index is 14.0. The predicted octanol–water partition coefficient (Wildman–Crippen LogP) is 4.83. The summed E-state index contributed by atoms with van der Waals surface area (Å²) in [5, 5.41) is 25.0. The summed E-state index contributed by atoms with van der Waals surface area (Å²) in [5.74, 6) is -3.09. The lowest BCUT2D eigenvalue weighted by Gasteiger charge is -2.41. The van der Waals surface area contributed by atoms with Gasteiger partial charge >= 0.3 is 0 Å². The molecule has 0 unspecified atom stereocenters. The Bertz CT molecular complexity index is 1320. The van der Waals surface area contributed by atoms with Gasteiger partial charge in [0.25, 0.3) is 5.92 Å². The monoisotopic (exact) mass is 586 g/mol. The Morgan fingerprint density at radius 3 is 2.42 bits per heavy atom. The van der Waals surface area contributed by atoms with Crippen LogP contribution in [0.25, 0.3) is 0 Å². The van der Waals surface area contributed by atoms with Crippen molar-refractivity contribution in [3.63, 3.8) is 0 Å². The number of piperidine rings is 1. The van der Waals surface area contributed by atoms with Crippen LogP contribution in [0.2, 0.25) is 0 Å². The van der Waals surface area contributed by atoms with Gasteiger partial charge in [0.05, 0.1) is 31.2 Å². The van der Waals surface area contributed by atoms with Gasteiger partial charge in [-0.1, -0.05) is 58.4 Å². The molecule has 2 N–H and O–H groups in total. The molecule has 5 atom stereocenters. The van der Waals surface area contributed by atoms with Crippen molar-refractivity contribution in [2.24, 2.45) is 5.92 Å². The summed E-state index contributed by atoms with van der Waals surface area (Å²) in [6.45, 7) is 0.752. The minimum absolute atomic E-state index is 0.214. The third kappa shape index (κ3) is 3.70. The molecular formula is C29H29BrF2N2O4. The summed E-state index contributed by atoms with van der Waals surface area (Å²) in [6, 6.07) is 17.2. The van der Waals surface area contributed by atoms with Crippen molar-refractivity contribution in [2.75, 3.05) is 26.7 Å². The molecule has 1 saturated carbocycles. The smallest absolute Gasteiger partial charge is 0.250 e. The van der Waals surface area contributed by atoms with Gasteiger partial charge < -0.3 is 24.6 Å². The molecule has 0 radical (unpaired) electrons. The Kier molecular flexibility index (Phi) is 6.26. The van der Waals surface area contributed by atoms with Crippen molar-refractivity contribution in [1.82, 2.24) is 9.88 Å². The highest BCUT2D eigenvalue weighted by Gasteiger charge is 2.76. The third-order valence-electron chi connectivity index (χ3n) is 8.50. The number of nitrogens with zero attached hydrogens (tertiary/aromatic N) is 2. The second-order valence-electron chi connectivity index (χ2n) is 10.5. The van der Waals surface area contributed by atoms with E-state index in [4.69, 9.17) is 9.47 Å². The van der Waals surface area contributed by atoms with E-state index in [1.165, 1.54) is 19.5 Å². The van der Waals surface area contributed by atoms with Crippen LogP contribution in [0.5, 0.6) is 11.5 Å². The largest absolute Gasteiger partial charge is 0.495 e. The lowest BCUT2D eigenvalue weighted by Crippen LogP contribution is -2.52. The van der Waals surface area contributed by atoms with Crippen LogP contribution in [-0.2, 0) is 11.2 Å². The van der Waals surface area contributed by atoms with Crippen LogP contribution in [0.4, 0.5) is 8.78 Å². The number of rotatable bonds is 5. The Hall–Kier alpha value is -2.59. The molecule has 1 aliphatic carbocycles. The van der Waals surface area contributed by atoms with Gasteiger partial charge in [-0.25, -0.2) is 8.78 Å². The molecule has 2 aliphatic heterocycles. The Morgan fingerprint density at radius 1 is 1.08 bits per heavy atom. The van der Waals surface area contributed by atoms with Crippen molar-refractivity contribution in [3.8, 4) is 11.5 Å². The van der Waals surface area contributed by atoms with Crippen molar-refractivity contribution in [3.05, 3.63) is 88.2 Å². The molecular weight excluding hydrogens is 558 g/mol. The van der Waals surface area contributed by atoms with E-state index >= 15 is 0 Å². The van der Waals surface area contributed by atoms with E-state index in [2.05, 4.69) is 20.9 Å². The number of ether oxygens (including phenoxy) is 2. The maximum absolute atomic E-state index is 14.0. The molecule has 2 fully saturated rings. The van der Waals surface area contributed by atoms with Gasteiger partial charge in [-0.2, -0.15) is 0 Å². The second kappa shape index (κ2) is 9.26. The highest BCUT2D eigenvalue weighted by Crippen LogP contribution is 2.69. The quantitative estimate of drug-likeness (QED) is 0.446. The number of fused-ring (bicyclic) bond motifs is 3. The van der Waals surface area contributed by atoms with Gasteiger partial charge in [0.2, 0.25) is 0 Å². The fourth-order valence-corrected chi connectivity index (χ4v) is 7.06. The number of likely N-dealkylation sites (tertiary alicyclic amines) is 1. The molecule has 0 bridgehead atoms. The summed E-state index contributed by atoms with van der Waals surface area (Å²) >= 11 is 3.50. The lowest BCUT2D eigenvalue weighted by atomic mass is 9.70. The van der Waals surface area contributed by atoms with E-state index < -0.39 is 35.1 Å². The van der Waals surface area contributed by atoms with Crippen LogP contribution in [0.1, 0.15) is 35.4 Å². The molecule has 2 aromatic carbocycles. The van der Waals surface area contributed by atoms with Crippen molar-refractivity contribution in [2.45, 2.75) is 42.0 Å². The first-order valence-electron chi connectivity index (χ1n) is 12.7. The minimum atomic E-state index is -2.68. The van der Waals surface area contributed by atoms with Gasteiger partial charge in [-0.05, 0) is 23.3 Å².